The van der Waals surface area contributed by atoms with Crippen LogP contribution in [-0.2, 0) is 4.74 Å². The lowest BCUT2D eigenvalue weighted by Crippen LogP contribution is -2.51. The minimum Gasteiger partial charge on any atom is -0.385 e. The second kappa shape index (κ2) is 1.43. The zero-order chi connectivity index (χ0) is 5.44. The molecule has 42 valence electrons. The molecule has 0 aromatic carbocycles. The molecule has 1 heterocycles. The van der Waals surface area contributed by atoms with Crippen molar-refractivity contribution in [3.63, 3.8) is 0 Å². The van der Waals surface area contributed by atoms with Crippen LogP contribution in [0.2, 0.25) is 0 Å². The highest BCUT2D eigenvalue weighted by Gasteiger charge is 2.35. The number of aliphatic hydroxyl groups is 2. The van der Waals surface area contributed by atoms with E-state index < -0.39 is 12.4 Å². The Kier molecular flexibility index (Phi) is 1.03. The molecule has 1 aliphatic heterocycles. The molecule has 1 aliphatic rings. The van der Waals surface area contributed by atoms with Crippen molar-refractivity contribution >= 4 is 0 Å². The zero-order valence-corrected chi connectivity index (χ0v) is 4.03. The standard InChI is InChI=1S/C4H8O3/c1-2-3(5)4(6)7-2/h2-6H,1H3. The molecule has 0 spiro atoms. The van der Waals surface area contributed by atoms with E-state index in [1.54, 1.807) is 6.92 Å². The van der Waals surface area contributed by atoms with Crippen molar-refractivity contribution in [1.29, 1.82) is 0 Å². The largest absolute Gasteiger partial charge is 0.385 e. The van der Waals surface area contributed by atoms with Crippen LogP contribution in [0.15, 0.2) is 0 Å². The van der Waals surface area contributed by atoms with Crippen molar-refractivity contribution in [2.75, 3.05) is 0 Å². The van der Waals surface area contributed by atoms with Crippen molar-refractivity contribution in [3.8, 4) is 0 Å². The van der Waals surface area contributed by atoms with Crippen LogP contribution in [0.3, 0.4) is 0 Å². The van der Waals surface area contributed by atoms with Gasteiger partial charge in [-0.05, 0) is 6.92 Å². The van der Waals surface area contributed by atoms with E-state index in [0.717, 1.165) is 0 Å². The van der Waals surface area contributed by atoms with Crippen LogP contribution in [0, 0.1) is 0 Å². The Balaban J connectivity index is 2.29. The molecule has 3 nitrogen and oxygen atoms in total. The zero-order valence-electron chi connectivity index (χ0n) is 4.03. The van der Waals surface area contributed by atoms with Gasteiger partial charge in [0.2, 0.25) is 0 Å². The van der Waals surface area contributed by atoms with E-state index in [4.69, 9.17) is 10.2 Å². The SMILES string of the molecule is CC1OC(O)C1O. The summed E-state index contributed by atoms with van der Waals surface area (Å²) in [5.41, 5.74) is 0. The molecule has 3 atom stereocenters. The summed E-state index contributed by atoms with van der Waals surface area (Å²) in [5.74, 6) is 0. The van der Waals surface area contributed by atoms with Crippen molar-refractivity contribution in [2.24, 2.45) is 0 Å². The van der Waals surface area contributed by atoms with Crippen molar-refractivity contribution < 1.29 is 14.9 Å². The summed E-state index contributed by atoms with van der Waals surface area (Å²) >= 11 is 0. The van der Waals surface area contributed by atoms with E-state index in [2.05, 4.69) is 4.74 Å². The lowest BCUT2D eigenvalue weighted by atomic mass is 10.1. The fourth-order valence-corrected chi connectivity index (χ4v) is 0.523. The maximum absolute atomic E-state index is 8.61. The van der Waals surface area contributed by atoms with E-state index >= 15 is 0 Å². The van der Waals surface area contributed by atoms with E-state index in [1.165, 1.54) is 0 Å². The third-order valence-electron chi connectivity index (χ3n) is 1.13. The molecule has 1 rings (SSSR count). The van der Waals surface area contributed by atoms with Gasteiger partial charge in [-0.1, -0.05) is 0 Å². The van der Waals surface area contributed by atoms with Gasteiger partial charge in [0.1, 0.15) is 6.10 Å². The third kappa shape index (κ3) is 0.627. The van der Waals surface area contributed by atoms with Gasteiger partial charge in [-0.25, -0.2) is 0 Å². The van der Waals surface area contributed by atoms with Crippen LogP contribution in [-0.4, -0.2) is 28.7 Å². The van der Waals surface area contributed by atoms with Crippen LogP contribution < -0.4 is 0 Å². The summed E-state index contributed by atoms with van der Waals surface area (Å²) in [7, 11) is 0. The van der Waals surface area contributed by atoms with Gasteiger partial charge in [0.15, 0.2) is 6.29 Å². The van der Waals surface area contributed by atoms with Gasteiger partial charge >= 0.3 is 0 Å². The average Bonchev–Trinajstić information content (AvgIpc) is 1.68. The molecule has 0 bridgehead atoms. The molecule has 0 saturated carbocycles. The topological polar surface area (TPSA) is 49.7 Å². The molecule has 0 aromatic rings. The second-order valence-corrected chi connectivity index (χ2v) is 1.72. The monoisotopic (exact) mass is 104 g/mol. The van der Waals surface area contributed by atoms with Gasteiger partial charge in [0, 0.05) is 0 Å². The maximum atomic E-state index is 8.61. The third-order valence-corrected chi connectivity index (χ3v) is 1.13. The number of ether oxygens (including phenoxy) is 1. The van der Waals surface area contributed by atoms with Crippen LogP contribution in [0.4, 0.5) is 0 Å². The van der Waals surface area contributed by atoms with Crippen LogP contribution >= 0.6 is 0 Å². The molecule has 7 heavy (non-hydrogen) atoms. The predicted molar refractivity (Wildman–Crippen MR) is 22.6 cm³/mol. The second-order valence-electron chi connectivity index (χ2n) is 1.72. The Morgan fingerprint density at radius 2 is 2.00 bits per heavy atom. The van der Waals surface area contributed by atoms with E-state index in [0.29, 0.717) is 0 Å². The normalized spacial score (nSPS) is 51.0. The molecule has 0 aromatic heterocycles. The Morgan fingerprint density at radius 3 is 2.00 bits per heavy atom. The lowest BCUT2D eigenvalue weighted by molar-refractivity contribution is -0.299. The Hall–Kier alpha value is -0.120. The molecule has 3 unspecified atom stereocenters. The lowest BCUT2D eigenvalue weighted by Gasteiger charge is -2.35. The quantitative estimate of drug-likeness (QED) is 0.418. The molecule has 1 fully saturated rings. The first-order chi connectivity index (χ1) is 3.22. The highest BCUT2D eigenvalue weighted by atomic mass is 16.7. The van der Waals surface area contributed by atoms with Gasteiger partial charge in [-0.15, -0.1) is 0 Å². The molecule has 0 radical (unpaired) electrons. The minimum absolute atomic E-state index is 0.185. The van der Waals surface area contributed by atoms with E-state index in [1.807, 2.05) is 0 Å². The van der Waals surface area contributed by atoms with Gasteiger partial charge in [0.05, 0.1) is 6.10 Å². The predicted octanol–water partition coefficient (Wildman–Crippen LogP) is -0.916. The van der Waals surface area contributed by atoms with Crippen molar-refractivity contribution in [3.05, 3.63) is 0 Å². The smallest absolute Gasteiger partial charge is 0.183 e. The van der Waals surface area contributed by atoms with Crippen molar-refractivity contribution in [2.45, 2.75) is 25.4 Å². The number of aliphatic hydroxyl groups excluding tert-OH is 2. The summed E-state index contributed by atoms with van der Waals surface area (Å²) < 4.78 is 4.56. The molecular formula is C4H8O3. The molecule has 3 heteroatoms. The van der Waals surface area contributed by atoms with Gasteiger partial charge in [-0.2, -0.15) is 0 Å². The summed E-state index contributed by atoms with van der Waals surface area (Å²) in [6.45, 7) is 1.71. The minimum atomic E-state index is -0.935. The maximum Gasteiger partial charge on any atom is 0.183 e. The van der Waals surface area contributed by atoms with Crippen LogP contribution in [0.5, 0.6) is 0 Å². The fraction of sp³-hybridized carbons (Fsp3) is 1.00. The van der Waals surface area contributed by atoms with Crippen LogP contribution in [0.25, 0.3) is 0 Å². The molecule has 1 saturated heterocycles. The Bertz CT molecular complexity index is 65.3. The van der Waals surface area contributed by atoms with Crippen molar-refractivity contribution in [1.82, 2.24) is 0 Å². The average molecular weight is 104 g/mol. The summed E-state index contributed by atoms with van der Waals surface area (Å²) in [6, 6.07) is 0. The molecular weight excluding hydrogens is 96.0 g/mol. The number of hydrogen-bond acceptors (Lipinski definition) is 3. The molecule has 2 N–H and O–H groups in total. The number of rotatable bonds is 0. The van der Waals surface area contributed by atoms with Gasteiger partial charge in [-0.3, -0.25) is 0 Å². The first-order valence-electron chi connectivity index (χ1n) is 2.23. The van der Waals surface area contributed by atoms with E-state index in [-0.39, 0.29) is 6.10 Å². The Labute approximate surface area is 41.5 Å². The highest BCUT2D eigenvalue weighted by molar-refractivity contribution is 4.76. The molecule has 0 aliphatic carbocycles. The van der Waals surface area contributed by atoms with Crippen LogP contribution in [0.1, 0.15) is 6.92 Å². The van der Waals surface area contributed by atoms with Gasteiger partial charge < -0.3 is 14.9 Å². The first kappa shape index (κ1) is 5.03. The first-order valence-corrected chi connectivity index (χ1v) is 2.23. The summed E-state index contributed by atoms with van der Waals surface area (Å²) in [4.78, 5) is 0. The fourth-order valence-electron chi connectivity index (χ4n) is 0.523. The summed E-state index contributed by atoms with van der Waals surface area (Å²) in [5, 5.41) is 17.0. The Morgan fingerprint density at radius 1 is 1.43 bits per heavy atom. The summed E-state index contributed by atoms with van der Waals surface area (Å²) in [6.07, 6.45) is -1.79. The highest BCUT2D eigenvalue weighted by Crippen LogP contribution is 2.17. The molecule has 0 amide bonds. The van der Waals surface area contributed by atoms with E-state index in [9.17, 15) is 0 Å². The van der Waals surface area contributed by atoms with Gasteiger partial charge in [0.25, 0.3) is 0 Å². The number of hydrogen-bond donors (Lipinski definition) is 2.